The van der Waals surface area contributed by atoms with Crippen molar-refractivity contribution in [1.82, 2.24) is 19.6 Å². The van der Waals surface area contributed by atoms with Crippen molar-refractivity contribution in [1.29, 1.82) is 0 Å². The van der Waals surface area contributed by atoms with Crippen LogP contribution in [-0.2, 0) is 10.0 Å². The maximum atomic E-state index is 13.2. The van der Waals surface area contributed by atoms with Gasteiger partial charge in [0.25, 0.3) is 0 Å². The van der Waals surface area contributed by atoms with Gasteiger partial charge in [0.1, 0.15) is 28.0 Å². The van der Waals surface area contributed by atoms with Gasteiger partial charge in [0, 0.05) is 18.7 Å². The normalized spacial score (nSPS) is 11.6. The van der Waals surface area contributed by atoms with E-state index < -0.39 is 10.0 Å². The largest absolute Gasteiger partial charge is 0.495 e. The number of aromatic nitrogens is 2. The van der Waals surface area contributed by atoms with Crippen LogP contribution in [0.2, 0.25) is 5.02 Å². The molecule has 0 amide bonds. The number of para-hydroxylation sites is 1. The highest BCUT2D eigenvalue weighted by Crippen LogP contribution is 2.33. The third-order valence-corrected chi connectivity index (χ3v) is 8.32. The topological polar surface area (TPSA) is 118 Å². The summed E-state index contributed by atoms with van der Waals surface area (Å²) >= 11 is 6.41. The number of nitrogens with zero attached hydrogens (tertiary/aromatic N) is 3. The van der Waals surface area contributed by atoms with E-state index in [0.29, 0.717) is 42.3 Å². The number of anilines is 4. The molecule has 0 saturated carbocycles. The van der Waals surface area contributed by atoms with Crippen LogP contribution >= 0.6 is 11.6 Å². The minimum absolute atomic E-state index is 0.0994. The molecule has 10 nitrogen and oxygen atoms in total. The first-order valence-corrected chi connectivity index (χ1v) is 15.3. The lowest BCUT2D eigenvalue weighted by atomic mass is 10.2. The van der Waals surface area contributed by atoms with Gasteiger partial charge in [-0.25, -0.2) is 18.1 Å². The molecule has 0 spiro atoms. The highest BCUT2D eigenvalue weighted by Gasteiger charge is 2.22. The third kappa shape index (κ3) is 8.44. The van der Waals surface area contributed by atoms with E-state index >= 15 is 0 Å². The molecule has 0 unspecified atom stereocenters. The SMILES string of the molecule is CCC(CC)NS(=O)(=O)c1ccccc1Nc1nc(Nc2cc(OCCN(CC)CC)ccc2OC)ncc1Cl. The van der Waals surface area contributed by atoms with Crippen LogP contribution in [0.3, 0.4) is 0 Å². The standard InChI is InChI=1S/C28H39ClN6O4S/c1-6-20(7-2)34-40(36,37)26-13-11-10-12-23(26)31-27-22(29)19-30-28(33-27)32-24-18-21(14-15-25(24)38-5)39-17-16-35(8-3)9-4/h10-15,18-20,34H,6-9,16-17H2,1-5H3,(H2,30,31,32,33). The van der Waals surface area contributed by atoms with Gasteiger partial charge >= 0.3 is 0 Å². The fourth-order valence-electron chi connectivity index (χ4n) is 4.01. The van der Waals surface area contributed by atoms with Crippen LogP contribution in [0.4, 0.5) is 23.1 Å². The van der Waals surface area contributed by atoms with Crippen molar-refractivity contribution in [3.63, 3.8) is 0 Å². The Labute approximate surface area is 242 Å². The van der Waals surface area contributed by atoms with Gasteiger partial charge in [-0.15, -0.1) is 0 Å². The second-order valence-corrected chi connectivity index (χ2v) is 11.1. The van der Waals surface area contributed by atoms with Crippen LogP contribution in [-0.4, -0.2) is 62.7 Å². The monoisotopic (exact) mass is 590 g/mol. The van der Waals surface area contributed by atoms with Crippen molar-refractivity contribution in [3.05, 3.63) is 53.7 Å². The second-order valence-electron chi connectivity index (χ2n) is 9.01. The summed E-state index contributed by atoms with van der Waals surface area (Å²) in [7, 11) is -2.21. The highest BCUT2D eigenvalue weighted by atomic mass is 35.5. The van der Waals surface area contributed by atoms with Crippen molar-refractivity contribution < 1.29 is 17.9 Å². The smallest absolute Gasteiger partial charge is 0.242 e. The van der Waals surface area contributed by atoms with Crippen LogP contribution in [0.1, 0.15) is 40.5 Å². The van der Waals surface area contributed by atoms with Crippen LogP contribution in [0.5, 0.6) is 11.5 Å². The predicted octanol–water partition coefficient (Wildman–Crippen LogP) is 5.81. The summed E-state index contributed by atoms with van der Waals surface area (Å²) in [5, 5.41) is 6.46. The molecule has 0 aliphatic carbocycles. The van der Waals surface area contributed by atoms with E-state index in [1.807, 2.05) is 26.0 Å². The van der Waals surface area contributed by atoms with E-state index in [0.717, 1.165) is 19.6 Å². The molecule has 3 N–H and O–H groups in total. The average Bonchev–Trinajstić information content (AvgIpc) is 2.96. The number of halogens is 1. The van der Waals surface area contributed by atoms with Gasteiger partial charge in [0.05, 0.1) is 24.7 Å². The van der Waals surface area contributed by atoms with E-state index in [9.17, 15) is 8.42 Å². The Morgan fingerprint density at radius 3 is 2.40 bits per heavy atom. The Bertz CT molecular complexity index is 1350. The zero-order valence-corrected chi connectivity index (χ0v) is 25.3. The molecule has 0 aliphatic rings. The summed E-state index contributed by atoms with van der Waals surface area (Å²) in [5.41, 5.74) is 0.946. The van der Waals surface area contributed by atoms with Crippen LogP contribution < -0.4 is 24.8 Å². The average molecular weight is 591 g/mol. The number of hydrogen-bond donors (Lipinski definition) is 3. The molecule has 0 aliphatic heterocycles. The van der Waals surface area contributed by atoms with E-state index in [1.165, 1.54) is 12.3 Å². The van der Waals surface area contributed by atoms with Crippen LogP contribution in [0.15, 0.2) is 53.6 Å². The molecule has 0 fully saturated rings. The lowest BCUT2D eigenvalue weighted by molar-refractivity contribution is 0.223. The zero-order valence-electron chi connectivity index (χ0n) is 23.7. The molecule has 0 bridgehead atoms. The summed E-state index contributed by atoms with van der Waals surface area (Å²) < 4.78 is 40.5. The number of rotatable bonds is 16. The number of nitrogens with one attached hydrogen (secondary N) is 3. The van der Waals surface area contributed by atoms with Gasteiger partial charge in [-0.1, -0.05) is 51.4 Å². The van der Waals surface area contributed by atoms with Crippen LogP contribution in [0, 0.1) is 0 Å². The van der Waals surface area contributed by atoms with E-state index in [1.54, 1.807) is 31.4 Å². The molecule has 0 radical (unpaired) electrons. The van der Waals surface area contributed by atoms with Gasteiger partial charge in [0.15, 0.2) is 5.82 Å². The molecular formula is C28H39ClN6O4S. The number of sulfonamides is 1. The van der Waals surface area contributed by atoms with Crippen molar-refractivity contribution in [2.75, 3.05) is 44.0 Å². The Hall–Kier alpha value is -3.12. The number of ether oxygens (including phenoxy) is 2. The van der Waals surface area contributed by atoms with Crippen molar-refractivity contribution in [3.8, 4) is 11.5 Å². The van der Waals surface area contributed by atoms with E-state index in [-0.39, 0.29) is 27.7 Å². The molecule has 1 heterocycles. The van der Waals surface area contributed by atoms with Gasteiger partial charge in [-0.3, -0.25) is 0 Å². The maximum absolute atomic E-state index is 13.2. The number of likely N-dealkylation sites (N-methyl/N-ethyl adjacent to an activating group) is 1. The predicted molar refractivity (Wildman–Crippen MR) is 161 cm³/mol. The Morgan fingerprint density at radius 2 is 1.73 bits per heavy atom. The summed E-state index contributed by atoms with van der Waals surface area (Å²) in [6.07, 6.45) is 2.81. The summed E-state index contributed by atoms with van der Waals surface area (Å²) in [5.74, 6) is 1.73. The lowest BCUT2D eigenvalue weighted by Crippen LogP contribution is -2.34. The first-order valence-electron chi connectivity index (χ1n) is 13.5. The van der Waals surface area contributed by atoms with Gasteiger partial charge in [-0.2, -0.15) is 4.98 Å². The molecule has 2 aromatic carbocycles. The third-order valence-electron chi connectivity index (χ3n) is 6.47. The van der Waals surface area contributed by atoms with Gasteiger partial charge in [-0.05, 0) is 50.2 Å². The maximum Gasteiger partial charge on any atom is 0.242 e. The Morgan fingerprint density at radius 1 is 1.00 bits per heavy atom. The Kier molecular flexibility index (Phi) is 11.8. The fraction of sp³-hybridized carbons (Fsp3) is 0.429. The van der Waals surface area contributed by atoms with Crippen LogP contribution in [0.25, 0.3) is 0 Å². The molecule has 12 heteroatoms. The first-order chi connectivity index (χ1) is 19.2. The fourth-order valence-corrected chi connectivity index (χ4v) is 5.72. The summed E-state index contributed by atoms with van der Waals surface area (Å²) in [6.45, 7) is 11.4. The minimum atomic E-state index is -3.78. The van der Waals surface area contributed by atoms with E-state index in [2.05, 4.69) is 44.1 Å². The first kappa shape index (κ1) is 31.4. The highest BCUT2D eigenvalue weighted by molar-refractivity contribution is 7.89. The molecule has 40 heavy (non-hydrogen) atoms. The second kappa shape index (κ2) is 15.0. The van der Waals surface area contributed by atoms with Gasteiger partial charge in [0.2, 0.25) is 16.0 Å². The number of methoxy groups -OCH3 is 1. The molecule has 0 saturated heterocycles. The van der Waals surface area contributed by atoms with Crippen molar-refractivity contribution in [2.45, 2.75) is 51.5 Å². The molecule has 3 rings (SSSR count). The van der Waals surface area contributed by atoms with Crippen molar-refractivity contribution >= 4 is 44.8 Å². The molecule has 0 atom stereocenters. The zero-order chi connectivity index (χ0) is 29.1. The molecule has 1 aromatic heterocycles. The van der Waals surface area contributed by atoms with Gasteiger partial charge < -0.3 is 25.0 Å². The Balaban J connectivity index is 1.83. The molecular weight excluding hydrogens is 552 g/mol. The molecule has 218 valence electrons. The summed E-state index contributed by atoms with van der Waals surface area (Å²) in [6, 6.07) is 11.9. The number of benzene rings is 2. The minimum Gasteiger partial charge on any atom is -0.495 e. The molecule has 3 aromatic rings. The van der Waals surface area contributed by atoms with Crippen molar-refractivity contribution in [2.24, 2.45) is 0 Å². The summed E-state index contributed by atoms with van der Waals surface area (Å²) in [4.78, 5) is 11.2. The lowest BCUT2D eigenvalue weighted by Gasteiger charge is -2.19. The number of hydrogen-bond acceptors (Lipinski definition) is 9. The van der Waals surface area contributed by atoms with E-state index in [4.69, 9.17) is 21.1 Å². The quantitative estimate of drug-likeness (QED) is 0.190.